The number of hydrogen-bond acceptors (Lipinski definition) is 4. The Balaban J connectivity index is 4.58. The molecule has 18 heavy (non-hydrogen) atoms. The van der Waals surface area contributed by atoms with Crippen LogP contribution in [0.2, 0.25) is 0 Å². The summed E-state index contributed by atoms with van der Waals surface area (Å²) in [6.07, 6.45) is 0.493. The zero-order chi connectivity index (χ0) is 14.3. The van der Waals surface area contributed by atoms with Gasteiger partial charge < -0.3 is 9.47 Å². The maximum absolute atomic E-state index is 11.5. The van der Waals surface area contributed by atoms with Gasteiger partial charge in [0.2, 0.25) is 0 Å². The smallest absolute Gasteiger partial charge is 0.333 e. The van der Waals surface area contributed by atoms with E-state index in [1.807, 2.05) is 6.92 Å². The van der Waals surface area contributed by atoms with Gasteiger partial charge in [-0.15, -0.1) is 0 Å². The molecule has 0 aliphatic rings. The van der Waals surface area contributed by atoms with E-state index in [-0.39, 0.29) is 0 Å². The molecule has 102 valence electrons. The number of hydrogen-bond donors (Lipinski definition) is 0. The number of carbonyl (C=O) groups is 2. The second-order valence-corrected chi connectivity index (χ2v) is 4.40. The minimum absolute atomic E-state index is 0.323. The van der Waals surface area contributed by atoms with Crippen LogP contribution in [0.15, 0.2) is 24.3 Å². The molecular weight excluding hydrogens is 232 g/mol. The molecule has 4 heteroatoms. The highest BCUT2D eigenvalue weighted by Gasteiger charge is 2.24. The van der Waals surface area contributed by atoms with Crippen LogP contribution in [0.3, 0.4) is 0 Å². The Morgan fingerprint density at radius 2 is 1.50 bits per heavy atom. The zero-order valence-electron chi connectivity index (χ0n) is 11.6. The van der Waals surface area contributed by atoms with Crippen molar-refractivity contribution in [1.82, 2.24) is 0 Å². The van der Waals surface area contributed by atoms with Gasteiger partial charge in [-0.1, -0.05) is 26.5 Å². The van der Waals surface area contributed by atoms with E-state index in [9.17, 15) is 9.59 Å². The molecule has 0 aromatic heterocycles. The van der Waals surface area contributed by atoms with Gasteiger partial charge in [-0.05, 0) is 27.2 Å². The van der Waals surface area contributed by atoms with E-state index in [2.05, 4.69) is 13.2 Å². The summed E-state index contributed by atoms with van der Waals surface area (Å²) >= 11 is 0. The Hall–Kier alpha value is -1.58. The molecule has 0 heterocycles. The molecular formula is C14H22O4. The molecule has 2 atom stereocenters. The Kier molecular flexibility index (Phi) is 7.01. The van der Waals surface area contributed by atoms with Gasteiger partial charge >= 0.3 is 11.9 Å². The van der Waals surface area contributed by atoms with Crippen molar-refractivity contribution >= 4 is 11.9 Å². The van der Waals surface area contributed by atoms with Crippen molar-refractivity contribution in [3.63, 3.8) is 0 Å². The van der Waals surface area contributed by atoms with Crippen LogP contribution in [0.1, 0.15) is 40.5 Å². The summed E-state index contributed by atoms with van der Waals surface area (Å²) in [6.45, 7) is 13.8. The molecule has 0 amide bonds. The molecule has 0 aliphatic heterocycles. The minimum atomic E-state index is -0.502. The molecule has 2 unspecified atom stereocenters. The lowest BCUT2D eigenvalue weighted by molar-refractivity contribution is -0.162. The van der Waals surface area contributed by atoms with E-state index in [0.29, 0.717) is 17.6 Å². The second-order valence-electron chi connectivity index (χ2n) is 4.40. The molecule has 0 aromatic rings. The lowest BCUT2D eigenvalue weighted by Gasteiger charge is -2.24. The molecule has 0 N–H and O–H groups in total. The van der Waals surface area contributed by atoms with Crippen LogP contribution in [0.4, 0.5) is 0 Å². The Labute approximate surface area is 109 Å². The third-order valence-corrected chi connectivity index (χ3v) is 2.35. The second kappa shape index (κ2) is 7.69. The topological polar surface area (TPSA) is 52.6 Å². The van der Waals surface area contributed by atoms with Crippen molar-refractivity contribution < 1.29 is 19.1 Å². The molecule has 0 aromatic carbocycles. The summed E-state index contributed by atoms with van der Waals surface area (Å²) in [5.41, 5.74) is 0.651. The van der Waals surface area contributed by atoms with Crippen LogP contribution < -0.4 is 0 Å². The first-order valence-electron chi connectivity index (χ1n) is 6.02. The zero-order valence-corrected chi connectivity index (χ0v) is 11.6. The van der Waals surface area contributed by atoms with Crippen LogP contribution in [-0.2, 0) is 19.1 Å². The monoisotopic (exact) mass is 254 g/mol. The van der Waals surface area contributed by atoms with Gasteiger partial charge in [0.15, 0.2) is 0 Å². The average Bonchev–Trinajstić information content (AvgIpc) is 2.27. The average molecular weight is 254 g/mol. The standard InChI is InChI=1S/C14H22O4/c1-7-8-12(18-14(16)10(4)5)11(6)17-13(15)9(2)3/h11-12H,2,4,7-8H2,1,3,5-6H3. The summed E-state index contributed by atoms with van der Waals surface area (Å²) in [5, 5.41) is 0. The molecule has 0 bridgehead atoms. The van der Waals surface area contributed by atoms with Gasteiger partial charge in [0.1, 0.15) is 12.2 Å². The lowest BCUT2D eigenvalue weighted by atomic mass is 10.1. The first-order valence-corrected chi connectivity index (χ1v) is 6.02. The van der Waals surface area contributed by atoms with Crippen molar-refractivity contribution in [3.05, 3.63) is 24.3 Å². The van der Waals surface area contributed by atoms with Gasteiger partial charge in [-0.25, -0.2) is 9.59 Å². The third-order valence-electron chi connectivity index (χ3n) is 2.35. The maximum Gasteiger partial charge on any atom is 0.333 e. The Morgan fingerprint density at radius 3 is 1.89 bits per heavy atom. The van der Waals surface area contributed by atoms with Crippen molar-refractivity contribution in [1.29, 1.82) is 0 Å². The first-order chi connectivity index (χ1) is 8.29. The highest BCUT2D eigenvalue weighted by Crippen LogP contribution is 2.14. The number of esters is 2. The summed E-state index contributed by atoms with van der Waals surface area (Å²) < 4.78 is 10.4. The van der Waals surface area contributed by atoms with Gasteiger partial charge in [-0.3, -0.25) is 0 Å². The summed E-state index contributed by atoms with van der Waals surface area (Å²) in [5.74, 6) is -0.943. The number of ether oxygens (including phenoxy) is 2. The molecule has 0 rings (SSSR count). The molecule has 0 radical (unpaired) electrons. The Bertz CT molecular complexity index is 344. The van der Waals surface area contributed by atoms with E-state index in [4.69, 9.17) is 9.47 Å². The van der Waals surface area contributed by atoms with E-state index >= 15 is 0 Å². The van der Waals surface area contributed by atoms with Gasteiger partial charge in [0.25, 0.3) is 0 Å². The third kappa shape index (κ3) is 5.66. The molecule has 0 aliphatic carbocycles. The molecule has 0 saturated carbocycles. The van der Waals surface area contributed by atoms with E-state index < -0.39 is 24.1 Å². The van der Waals surface area contributed by atoms with E-state index in [0.717, 1.165) is 6.42 Å². The van der Waals surface area contributed by atoms with E-state index in [1.54, 1.807) is 20.8 Å². The van der Waals surface area contributed by atoms with Crippen LogP contribution >= 0.6 is 0 Å². The van der Waals surface area contributed by atoms with Crippen molar-refractivity contribution in [2.24, 2.45) is 0 Å². The minimum Gasteiger partial charge on any atom is -0.455 e. The summed E-state index contributed by atoms with van der Waals surface area (Å²) in [7, 11) is 0. The molecule has 0 fully saturated rings. The quantitative estimate of drug-likeness (QED) is 0.518. The van der Waals surface area contributed by atoms with Gasteiger partial charge in [0, 0.05) is 11.1 Å². The fourth-order valence-electron chi connectivity index (χ4n) is 1.26. The highest BCUT2D eigenvalue weighted by atomic mass is 16.6. The fourth-order valence-corrected chi connectivity index (χ4v) is 1.26. The normalized spacial score (nSPS) is 13.3. The fraction of sp³-hybridized carbons (Fsp3) is 0.571. The molecule has 4 nitrogen and oxygen atoms in total. The first kappa shape index (κ1) is 16.4. The van der Waals surface area contributed by atoms with Crippen molar-refractivity contribution in [2.45, 2.75) is 52.7 Å². The van der Waals surface area contributed by atoms with Crippen LogP contribution in [0.5, 0.6) is 0 Å². The lowest BCUT2D eigenvalue weighted by Crippen LogP contribution is -2.33. The van der Waals surface area contributed by atoms with Crippen LogP contribution in [0, 0.1) is 0 Å². The SMILES string of the molecule is C=C(C)C(=O)OC(C)C(CCC)OC(=O)C(=C)C. The van der Waals surface area contributed by atoms with Gasteiger partial charge in [0.05, 0.1) is 0 Å². The summed E-state index contributed by atoms with van der Waals surface area (Å²) in [4.78, 5) is 22.9. The van der Waals surface area contributed by atoms with Gasteiger partial charge in [-0.2, -0.15) is 0 Å². The Morgan fingerprint density at radius 1 is 1.06 bits per heavy atom. The number of carbonyl (C=O) groups excluding carboxylic acids is 2. The predicted octanol–water partition coefficient (Wildman–Crippen LogP) is 2.78. The van der Waals surface area contributed by atoms with Crippen LogP contribution in [0.25, 0.3) is 0 Å². The van der Waals surface area contributed by atoms with Crippen molar-refractivity contribution in [2.75, 3.05) is 0 Å². The number of rotatable bonds is 7. The van der Waals surface area contributed by atoms with Crippen molar-refractivity contribution in [3.8, 4) is 0 Å². The highest BCUT2D eigenvalue weighted by molar-refractivity contribution is 5.88. The maximum atomic E-state index is 11.5. The molecule has 0 saturated heterocycles. The van der Waals surface area contributed by atoms with E-state index in [1.165, 1.54) is 0 Å². The molecule has 0 spiro atoms. The predicted molar refractivity (Wildman–Crippen MR) is 70.0 cm³/mol. The largest absolute Gasteiger partial charge is 0.455 e. The van der Waals surface area contributed by atoms with Crippen LogP contribution in [-0.4, -0.2) is 24.1 Å². The summed E-state index contributed by atoms with van der Waals surface area (Å²) in [6, 6.07) is 0.